The first kappa shape index (κ1) is 5.76. The van der Waals surface area contributed by atoms with Gasteiger partial charge in [-0.2, -0.15) is 0 Å². The monoisotopic (exact) mass is 107 g/mol. The Kier molecular flexibility index (Phi) is 1.95. The predicted molar refractivity (Wildman–Crippen MR) is 22.6 cm³/mol. The van der Waals surface area contributed by atoms with E-state index in [0.29, 0.717) is 0 Å². The highest BCUT2D eigenvalue weighted by Crippen LogP contribution is 1.88. The van der Waals surface area contributed by atoms with Crippen LogP contribution in [-0.2, 0) is 4.79 Å². The number of halogens is 1. The van der Waals surface area contributed by atoms with Crippen molar-refractivity contribution >= 4 is 17.6 Å². The quantitative estimate of drug-likeness (QED) is 0.496. The predicted octanol–water partition coefficient (Wildman–Crippen LogP) is 0.512. The second-order valence-corrected chi connectivity index (χ2v) is 1.33. The third-order valence-electron chi connectivity index (χ3n) is 0.268. The largest absolute Gasteiger partial charge is 0.480 e. The van der Waals surface area contributed by atoms with Crippen molar-refractivity contribution in [1.82, 2.24) is 0 Å². The smallest absolute Gasteiger partial charge is 0.321 e. The summed E-state index contributed by atoms with van der Waals surface area (Å²) in [4.78, 5) is 9.50. The van der Waals surface area contributed by atoms with Crippen LogP contribution in [0.25, 0.3) is 0 Å². The van der Waals surface area contributed by atoms with E-state index in [0.717, 1.165) is 0 Å². The first-order valence-corrected chi connectivity index (χ1v) is 1.78. The van der Waals surface area contributed by atoms with E-state index >= 15 is 0 Å². The lowest BCUT2D eigenvalue weighted by Gasteiger charge is -1.86. The van der Waals surface area contributed by atoms with Crippen molar-refractivity contribution in [2.24, 2.45) is 0 Å². The van der Waals surface area contributed by atoms with Gasteiger partial charge in [-0.3, -0.25) is 4.79 Å². The maximum atomic E-state index is 9.50. The van der Waals surface area contributed by atoms with E-state index in [1.54, 1.807) is 0 Å². The summed E-state index contributed by atoms with van der Waals surface area (Å²) in [5.74, 6) is -1.09. The van der Waals surface area contributed by atoms with Crippen LogP contribution in [0, 0.1) is 6.92 Å². The first-order chi connectivity index (χ1) is 2.64. The highest BCUT2D eigenvalue weighted by molar-refractivity contribution is 6.30. The van der Waals surface area contributed by atoms with Crippen LogP contribution in [0.1, 0.15) is 0 Å². The van der Waals surface area contributed by atoms with Crippen LogP contribution in [-0.4, -0.2) is 16.5 Å². The van der Waals surface area contributed by atoms with Crippen LogP contribution >= 0.6 is 11.6 Å². The molecule has 0 amide bonds. The average Bonchev–Trinajstić information content (AvgIpc) is 1.36. The van der Waals surface area contributed by atoms with Gasteiger partial charge in [-0.15, -0.1) is 11.6 Å². The SMILES string of the molecule is [CH2]C(Cl)C(=O)O. The molecule has 0 aliphatic carbocycles. The molecule has 0 heterocycles. The van der Waals surface area contributed by atoms with Crippen LogP contribution in [0.15, 0.2) is 0 Å². The zero-order valence-electron chi connectivity index (χ0n) is 3.02. The number of carbonyl (C=O) groups is 1. The Morgan fingerprint density at radius 1 is 2.00 bits per heavy atom. The second-order valence-electron chi connectivity index (χ2n) is 0.806. The van der Waals surface area contributed by atoms with Gasteiger partial charge in [-0.05, 0) is 6.92 Å². The molecule has 1 N–H and O–H groups in total. The van der Waals surface area contributed by atoms with E-state index in [2.05, 4.69) is 6.92 Å². The third kappa shape index (κ3) is 2.03. The Morgan fingerprint density at radius 3 is 2.17 bits per heavy atom. The van der Waals surface area contributed by atoms with Crippen molar-refractivity contribution in [3.05, 3.63) is 6.92 Å². The molecule has 2 nitrogen and oxygen atoms in total. The number of carboxylic acids is 1. The fraction of sp³-hybridized carbons (Fsp3) is 0.333. The molecule has 6 heavy (non-hydrogen) atoms. The molecule has 0 aromatic rings. The minimum atomic E-state index is -1.09. The summed E-state index contributed by atoms with van der Waals surface area (Å²) in [6.07, 6.45) is 0. The highest BCUT2D eigenvalue weighted by Gasteiger charge is 2.02. The second kappa shape index (κ2) is 2.03. The van der Waals surface area contributed by atoms with Crippen molar-refractivity contribution in [1.29, 1.82) is 0 Å². The molecule has 0 saturated carbocycles. The summed E-state index contributed by atoms with van der Waals surface area (Å²) in [5.41, 5.74) is 0. The normalized spacial score (nSPS) is 13.7. The maximum Gasteiger partial charge on any atom is 0.321 e. The van der Waals surface area contributed by atoms with Gasteiger partial charge >= 0.3 is 5.97 Å². The van der Waals surface area contributed by atoms with Crippen molar-refractivity contribution in [3.8, 4) is 0 Å². The van der Waals surface area contributed by atoms with E-state index < -0.39 is 11.3 Å². The van der Waals surface area contributed by atoms with Gasteiger partial charge in [0.25, 0.3) is 0 Å². The van der Waals surface area contributed by atoms with E-state index in [9.17, 15) is 4.79 Å². The minimum Gasteiger partial charge on any atom is -0.480 e. The van der Waals surface area contributed by atoms with Gasteiger partial charge in [-0.1, -0.05) is 0 Å². The van der Waals surface area contributed by atoms with Crippen molar-refractivity contribution < 1.29 is 9.90 Å². The van der Waals surface area contributed by atoms with Crippen LogP contribution < -0.4 is 0 Å². The van der Waals surface area contributed by atoms with Crippen molar-refractivity contribution in [2.45, 2.75) is 5.38 Å². The number of hydrogen-bond donors (Lipinski definition) is 1. The van der Waals surface area contributed by atoms with Crippen LogP contribution in [0.4, 0.5) is 0 Å². The Bertz CT molecular complexity index is 59.8. The summed E-state index contributed by atoms with van der Waals surface area (Å²) in [6, 6.07) is 0. The van der Waals surface area contributed by atoms with Crippen molar-refractivity contribution in [2.75, 3.05) is 0 Å². The van der Waals surface area contributed by atoms with E-state index in [-0.39, 0.29) is 0 Å². The number of rotatable bonds is 1. The lowest BCUT2D eigenvalue weighted by atomic mass is 10.5. The molecule has 0 spiro atoms. The van der Waals surface area contributed by atoms with Crippen LogP contribution in [0.2, 0.25) is 0 Å². The van der Waals surface area contributed by atoms with Gasteiger partial charge < -0.3 is 5.11 Å². The summed E-state index contributed by atoms with van der Waals surface area (Å²) in [6.45, 7) is 3.00. The number of aliphatic carboxylic acids is 1. The minimum absolute atomic E-state index is 1.01. The van der Waals surface area contributed by atoms with Gasteiger partial charge in [0, 0.05) is 0 Å². The Balaban J connectivity index is 3.26. The maximum absolute atomic E-state index is 9.50. The molecule has 35 valence electrons. The molecule has 1 radical (unpaired) electrons. The molecule has 3 heteroatoms. The first-order valence-electron chi connectivity index (χ1n) is 1.34. The lowest BCUT2D eigenvalue weighted by molar-refractivity contribution is -0.135. The molecule has 0 aliphatic rings. The van der Waals surface area contributed by atoms with Gasteiger partial charge in [0.2, 0.25) is 0 Å². The zero-order chi connectivity index (χ0) is 5.15. The fourth-order valence-electron chi connectivity index (χ4n) is 0. The van der Waals surface area contributed by atoms with Gasteiger partial charge in [0.15, 0.2) is 0 Å². The van der Waals surface area contributed by atoms with E-state index in [1.807, 2.05) is 0 Å². The van der Waals surface area contributed by atoms with Gasteiger partial charge in [0.05, 0.1) is 0 Å². The summed E-state index contributed by atoms with van der Waals surface area (Å²) in [5, 5.41) is 6.79. The Labute approximate surface area is 40.7 Å². The standard InChI is InChI=1S/C3H4ClO2/c1-2(4)3(5)6/h2H,1H2,(H,5,6). The summed E-state index contributed by atoms with van der Waals surface area (Å²) < 4.78 is 0. The molecule has 0 aromatic heterocycles. The number of alkyl halides is 1. The lowest BCUT2D eigenvalue weighted by Crippen LogP contribution is -2.07. The molecule has 0 fully saturated rings. The summed E-state index contributed by atoms with van der Waals surface area (Å²) in [7, 11) is 0. The Morgan fingerprint density at radius 2 is 2.17 bits per heavy atom. The number of hydrogen-bond acceptors (Lipinski definition) is 1. The highest BCUT2D eigenvalue weighted by atomic mass is 35.5. The molecule has 0 saturated heterocycles. The molecule has 0 aliphatic heterocycles. The average molecular weight is 108 g/mol. The van der Waals surface area contributed by atoms with E-state index in [1.165, 1.54) is 0 Å². The molecular formula is C3H4ClO2. The molecular weight excluding hydrogens is 103 g/mol. The van der Waals surface area contributed by atoms with Crippen LogP contribution in [0.3, 0.4) is 0 Å². The van der Waals surface area contributed by atoms with Gasteiger partial charge in [0.1, 0.15) is 5.38 Å². The fourth-order valence-corrected chi connectivity index (χ4v) is 0. The molecule has 0 aromatic carbocycles. The third-order valence-corrected chi connectivity index (χ3v) is 0.455. The molecule has 0 rings (SSSR count). The zero-order valence-corrected chi connectivity index (χ0v) is 3.77. The van der Waals surface area contributed by atoms with Crippen molar-refractivity contribution in [3.63, 3.8) is 0 Å². The van der Waals surface area contributed by atoms with Gasteiger partial charge in [-0.25, -0.2) is 0 Å². The topological polar surface area (TPSA) is 37.3 Å². The van der Waals surface area contributed by atoms with Crippen LogP contribution in [0.5, 0.6) is 0 Å². The Hall–Kier alpha value is -0.240. The number of carboxylic acid groups (broad SMARTS) is 1. The molecule has 0 bridgehead atoms. The summed E-state index contributed by atoms with van der Waals surface area (Å²) >= 11 is 4.90. The molecule has 1 unspecified atom stereocenters. The van der Waals surface area contributed by atoms with E-state index in [4.69, 9.17) is 16.7 Å². The molecule has 1 atom stereocenters.